The van der Waals surface area contributed by atoms with E-state index in [1.807, 2.05) is 42.5 Å². The molecule has 0 unspecified atom stereocenters. The second-order valence-electron chi connectivity index (χ2n) is 16.6. The lowest BCUT2D eigenvalue weighted by molar-refractivity contribution is -0.312. The highest BCUT2D eigenvalue weighted by Crippen LogP contribution is 2.33. The van der Waals surface area contributed by atoms with Crippen LogP contribution in [0.2, 0.25) is 0 Å². The van der Waals surface area contributed by atoms with E-state index in [0.717, 1.165) is 16.0 Å². The molecule has 0 saturated carbocycles. The zero-order valence-electron chi connectivity index (χ0n) is 41.1. The van der Waals surface area contributed by atoms with Gasteiger partial charge in [-0.15, -0.1) is 0 Å². The summed E-state index contributed by atoms with van der Waals surface area (Å²) < 4.78 is 43.9. The van der Waals surface area contributed by atoms with E-state index in [1.165, 1.54) is 12.2 Å². The van der Waals surface area contributed by atoms with Crippen molar-refractivity contribution in [1.29, 1.82) is 0 Å². The summed E-state index contributed by atoms with van der Waals surface area (Å²) in [6, 6.07) is 15.4. The van der Waals surface area contributed by atoms with E-state index in [-0.39, 0.29) is 104 Å². The molecule has 2 heterocycles. The quantitative estimate of drug-likeness (QED) is 0.0242. The number of nitrogens with zero attached hydrogens (tertiary/aromatic N) is 1. The number of nitrogens with one attached hydrogen (secondary N) is 4. The second kappa shape index (κ2) is 33.9. The fraction of sp³-hybridized carbons (Fsp3) is 0.571. The number of carboxylic acid groups (broad SMARTS) is 1. The van der Waals surface area contributed by atoms with Gasteiger partial charge >= 0.3 is 5.97 Å². The van der Waals surface area contributed by atoms with Crippen LogP contribution in [-0.4, -0.2) is 227 Å². The molecule has 4 rings (SSSR count). The number of carbonyl (C=O) groups excluding carboxylic acids is 6. The van der Waals surface area contributed by atoms with Crippen molar-refractivity contribution in [3.8, 4) is 11.1 Å². The predicted octanol–water partition coefficient (Wildman–Crippen LogP) is -2.80. The fourth-order valence-corrected chi connectivity index (χ4v) is 7.28. The lowest BCUT2D eigenvalue weighted by Gasteiger charge is -2.46. The molecule has 2 aromatic rings. The van der Waals surface area contributed by atoms with Crippen LogP contribution in [0, 0.1) is 0 Å². The average Bonchev–Trinajstić information content (AvgIpc) is 3.72. The lowest BCUT2D eigenvalue weighted by Crippen LogP contribution is -2.68. The van der Waals surface area contributed by atoms with E-state index >= 15 is 0 Å². The summed E-state index contributed by atoms with van der Waals surface area (Å²) >= 11 is 0. The molecule has 0 aliphatic carbocycles. The zero-order valence-corrected chi connectivity index (χ0v) is 41.1. The first kappa shape index (κ1) is 60.7. The summed E-state index contributed by atoms with van der Waals surface area (Å²) in [7, 11) is 0. The number of rotatable bonds is 38. The van der Waals surface area contributed by atoms with Crippen LogP contribution < -0.4 is 21.3 Å². The van der Waals surface area contributed by atoms with Crippen molar-refractivity contribution >= 4 is 41.4 Å². The van der Waals surface area contributed by atoms with E-state index in [2.05, 4.69) is 21.3 Å². The summed E-state index contributed by atoms with van der Waals surface area (Å²) in [4.78, 5) is 85.5. The van der Waals surface area contributed by atoms with Crippen LogP contribution >= 0.6 is 0 Å². The Hall–Kier alpha value is -5.81. The summed E-state index contributed by atoms with van der Waals surface area (Å²) in [5.41, 5.74) is 2.63. The Balaban J connectivity index is 0.998. The van der Waals surface area contributed by atoms with Crippen molar-refractivity contribution in [2.24, 2.45) is 0 Å². The van der Waals surface area contributed by atoms with Crippen molar-refractivity contribution in [2.75, 3.05) is 119 Å². The molecular weight excluding hydrogens is 979 g/mol. The van der Waals surface area contributed by atoms with Crippen LogP contribution in [0.5, 0.6) is 0 Å². The van der Waals surface area contributed by atoms with Crippen molar-refractivity contribution in [2.45, 2.75) is 61.9 Å². The molecule has 6 amide bonds. The maximum absolute atomic E-state index is 12.8. The third-order valence-electron chi connectivity index (χ3n) is 11.2. The number of aliphatic hydroxyl groups excluding tert-OH is 4. The van der Waals surface area contributed by atoms with E-state index in [0.29, 0.717) is 38.6 Å². The maximum atomic E-state index is 12.8. The normalized spacial score (nSPS) is 19.2. The smallest absolute Gasteiger partial charge is 0.364 e. The van der Waals surface area contributed by atoms with Gasteiger partial charge in [0.2, 0.25) is 23.6 Å². The predicted molar refractivity (Wildman–Crippen MR) is 257 cm³/mol. The Bertz CT molecular complexity index is 2070. The van der Waals surface area contributed by atoms with E-state index < -0.39 is 85.4 Å². The van der Waals surface area contributed by atoms with Gasteiger partial charge in [0, 0.05) is 57.6 Å². The van der Waals surface area contributed by atoms with Gasteiger partial charge in [0.1, 0.15) is 18.8 Å². The SMILES string of the molecule is O=C(CCOCCOCCOCCOCCNC(=O)CCN1C(=O)C=CC1=O)NCCOCCOCCO[C@]1(C(=O)O)C[C@H](O)[C@@H](NC(=O)CO)[C@H]([C@H](O)[C@H](O)CNC(=O)Cc2ccc(-c3ccccc3)cc2)O1. The largest absolute Gasteiger partial charge is 0.477 e. The minimum atomic E-state index is -2.57. The molecule has 6 atom stereocenters. The zero-order chi connectivity index (χ0) is 53.6. The first-order valence-electron chi connectivity index (χ1n) is 24.2. The number of benzene rings is 2. The molecule has 25 heteroatoms. The summed E-state index contributed by atoms with van der Waals surface area (Å²) in [6.07, 6.45) is -5.59. The Morgan fingerprint density at radius 1 is 0.649 bits per heavy atom. The van der Waals surface area contributed by atoms with Crippen molar-refractivity contribution in [3.63, 3.8) is 0 Å². The van der Waals surface area contributed by atoms with Crippen LogP contribution in [0.3, 0.4) is 0 Å². The van der Waals surface area contributed by atoms with Crippen molar-refractivity contribution in [3.05, 3.63) is 72.3 Å². The number of aliphatic hydroxyl groups is 4. The van der Waals surface area contributed by atoms with Gasteiger partial charge < -0.3 is 84.7 Å². The summed E-state index contributed by atoms with van der Waals surface area (Å²) in [5, 5.41) is 62.8. The molecule has 0 bridgehead atoms. The average molecular weight is 1050 g/mol. The highest BCUT2D eigenvalue weighted by molar-refractivity contribution is 6.13. The molecule has 2 aliphatic heterocycles. The molecule has 1 saturated heterocycles. The van der Waals surface area contributed by atoms with E-state index in [1.54, 1.807) is 12.1 Å². The number of amides is 6. The van der Waals surface area contributed by atoms with Crippen molar-refractivity contribution < 1.29 is 97.0 Å². The van der Waals surface area contributed by atoms with Crippen LogP contribution in [0.25, 0.3) is 11.1 Å². The van der Waals surface area contributed by atoms with Gasteiger partial charge in [-0.25, -0.2) is 4.79 Å². The molecular formula is C49H69N5O20. The standard InChI is InChI=1S/C49H69N5O20/c55-33-42(61)53-45-37(56)31-49(48(65)66,74-47(45)46(64)38(57)32-52-41(60)30-34-6-8-36(9-7-34)35-4-2-1-3-5-35)73-29-28-72-25-22-69-19-15-51-40(59)13-17-67-20-23-70-26-27-71-24-21-68-18-14-50-39(58)12-16-54-43(62)10-11-44(54)63/h1-11,37-38,45-47,55-57,64H,12-33H2,(H,50,58)(H,51,59)(H,52,60)(H,53,61)(H,65,66)/t37-,38+,45+,46+,47+,49+/m0/s1. The Morgan fingerprint density at radius 2 is 1.16 bits per heavy atom. The third kappa shape index (κ3) is 22.0. The summed E-state index contributed by atoms with van der Waals surface area (Å²) in [5.74, 6) is -7.13. The number of carbonyl (C=O) groups is 7. The highest BCUT2D eigenvalue weighted by atomic mass is 16.7. The molecule has 1 fully saturated rings. The topological polar surface area (TPSA) is 346 Å². The monoisotopic (exact) mass is 1050 g/mol. The van der Waals surface area contributed by atoms with Gasteiger partial charge in [-0.1, -0.05) is 54.6 Å². The molecule has 0 spiro atoms. The van der Waals surface area contributed by atoms with Gasteiger partial charge in [-0.3, -0.25) is 33.7 Å². The molecule has 74 heavy (non-hydrogen) atoms. The minimum Gasteiger partial charge on any atom is -0.477 e. The molecule has 0 aromatic heterocycles. The number of carboxylic acids is 1. The molecule has 25 nitrogen and oxygen atoms in total. The van der Waals surface area contributed by atoms with E-state index in [4.69, 9.17) is 37.9 Å². The summed E-state index contributed by atoms with van der Waals surface area (Å²) in [6.45, 7) is 1.14. The Kier molecular flexibility index (Phi) is 27.8. The lowest BCUT2D eigenvalue weighted by atomic mass is 9.88. The maximum Gasteiger partial charge on any atom is 0.364 e. The number of hydrogen-bond acceptors (Lipinski definition) is 19. The molecule has 2 aromatic carbocycles. The number of hydrogen-bond donors (Lipinski definition) is 9. The third-order valence-corrected chi connectivity index (χ3v) is 11.2. The van der Waals surface area contributed by atoms with Crippen LogP contribution in [-0.2, 0) is 77.9 Å². The van der Waals surface area contributed by atoms with Gasteiger partial charge in [-0.05, 0) is 16.7 Å². The highest BCUT2D eigenvalue weighted by Gasteiger charge is 2.56. The van der Waals surface area contributed by atoms with Gasteiger partial charge in [0.05, 0.1) is 111 Å². The first-order valence-corrected chi connectivity index (χ1v) is 24.2. The van der Waals surface area contributed by atoms with Gasteiger partial charge in [0.15, 0.2) is 0 Å². The molecule has 9 N–H and O–H groups in total. The first-order chi connectivity index (χ1) is 35.7. The number of ether oxygens (including phenoxy) is 8. The van der Waals surface area contributed by atoms with Crippen LogP contribution in [0.4, 0.5) is 0 Å². The van der Waals surface area contributed by atoms with Gasteiger partial charge in [0.25, 0.3) is 17.6 Å². The second-order valence-corrected chi connectivity index (χ2v) is 16.6. The molecule has 0 radical (unpaired) electrons. The van der Waals surface area contributed by atoms with Crippen LogP contribution in [0.1, 0.15) is 24.8 Å². The van der Waals surface area contributed by atoms with Gasteiger partial charge in [-0.2, -0.15) is 0 Å². The Morgan fingerprint density at radius 3 is 1.72 bits per heavy atom. The number of imide groups is 1. The Labute approximate surface area is 427 Å². The van der Waals surface area contributed by atoms with Crippen molar-refractivity contribution in [1.82, 2.24) is 26.2 Å². The fourth-order valence-electron chi connectivity index (χ4n) is 7.28. The number of aliphatic carboxylic acids is 1. The minimum absolute atomic E-state index is 0.00730. The van der Waals surface area contributed by atoms with Crippen LogP contribution in [0.15, 0.2) is 66.7 Å². The molecule has 410 valence electrons. The van der Waals surface area contributed by atoms with E-state index in [9.17, 15) is 59.1 Å². The molecule has 2 aliphatic rings.